The van der Waals surface area contributed by atoms with Crippen LogP contribution in [0.3, 0.4) is 0 Å². The topological polar surface area (TPSA) is 221 Å². The number of hydrogen-bond acceptors (Lipinski definition) is 11. The number of ether oxygens (including phenoxy) is 2. The molecule has 1 aliphatic rings. The number of hydrogen-bond donors (Lipinski definition) is 5. The zero-order valence-corrected chi connectivity index (χ0v) is 24.2. The maximum Gasteiger partial charge on any atom is 0.469 e. The molecule has 15 nitrogen and oxygen atoms in total. The molecule has 1 saturated heterocycles. The van der Waals surface area contributed by atoms with Gasteiger partial charge in [-0.05, 0) is 22.8 Å². The van der Waals surface area contributed by atoms with Gasteiger partial charge in [-0.2, -0.15) is 0 Å². The van der Waals surface area contributed by atoms with Crippen molar-refractivity contribution in [3.63, 3.8) is 0 Å². The van der Waals surface area contributed by atoms with Crippen molar-refractivity contribution in [1.82, 2.24) is 24.8 Å². The van der Waals surface area contributed by atoms with Crippen LogP contribution < -0.4 is 11.1 Å². The number of anilines is 1. The van der Waals surface area contributed by atoms with Gasteiger partial charge in [0, 0.05) is 12.8 Å². The number of nitrogens with one attached hydrogen (secondary N) is 1. The molecule has 1 aliphatic heterocycles. The number of phosphoric acid groups is 1. The third kappa shape index (κ3) is 7.10. The summed E-state index contributed by atoms with van der Waals surface area (Å²) < 4.78 is 29.0. The number of phosphoric ester groups is 1. The number of carbonyl (C=O) groups excluding carboxylic acids is 2. The number of allylic oxidation sites excluding steroid dienone is 1. The Hall–Kier alpha value is -4.24. The Morgan fingerprint density at radius 1 is 1.18 bits per heavy atom. The Kier molecular flexibility index (Phi) is 9.34. The van der Waals surface area contributed by atoms with Crippen LogP contribution in [-0.2, 0) is 34.6 Å². The van der Waals surface area contributed by atoms with Crippen molar-refractivity contribution >= 4 is 47.5 Å². The molecule has 5 atom stereocenters. The first-order valence-electron chi connectivity index (χ1n) is 13.6. The minimum absolute atomic E-state index is 0.0694. The molecule has 0 saturated carbocycles. The highest BCUT2D eigenvalue weighted by atomic mass is 31.2. The first kappa shape index (κ1) is 31.2. The van der Waals surface area contributed by atoms with Gasteiger partial charge in [-0.25, -0.2) is 24.3 Å². The van der Waals surface area contributed by atoms with E-state index in [1.54, 1.807) is 6.08 Å². The highest BCUT2D eigenvalue weighted by Gasteiger charge is 2.49. The number of rotatable bonds is 12. The maximum atomic E-state index is 13.7. The molecule has 1 fully saturated rings. The molecular weight excluding hydrogens is 595 g/mol. The van der Waals surface area contributed by atoms with Gasteiger partial charge >= 0.3 is 13.8 Å². The molecule has 0 radical (unpaired) electrons. The molecule has 44 heavy (non-hydrogen) atoms. The van der Waals surface area contributed by atoms with Crippen LogP contribution in [0.5, 0.6) is 0 Å². The van der Waals surface area contributed by atoms with Gasteiger partial charge in [0.05, 0.1) is 12.9 Å². The number of nitrogen functional groups attached to an aromatic ring is 1. The summed E-state index contributed by atoms with van der Waals surface area (Å²) in [5, 5.41) is 15.8. The number of amides is 1. The van der Waals surface area contributed by atoms with Crippen molar-refractivity contribution in [3.8, 4) is 0 Å². The molecule has 2 aromatic carbocycles. The normalized spacial score (nSPS) is 20.9. The quantitative estimate of drug-likeness (QED) is 0.0856. The van der Waals surface area contributed by atoms with E-state index in [1.165, 1.54) is 17.2 Å². The SMILES string of the molecule is C=CCCC(=O)N[C@@H](Cc1ccc2ccccc2c1)C(=O)O[C@@H]1[C@H](O)[C@@H](COP(=O)(O)O)O[C@H]1n1cnc2c(N)ncnc21. The summed E-state index contributed by atoms with van der Waals surface area (Å²) in [7, 11) is -4.92. The van der Waals surface area contributed by atoms with Gasteiger partial charge < -0.3 is 35.4 Å². The first-order chi connectivity index (χ1) is 21.0. The molecule has 0 spiro atoms. The van der Waals surface area contributed by atoms with Crippen molar-refractivity contribution in [2.45, 2.75) is 49.8 Å². The number of benzene rings is 2. The van der Waals surface area contributed by atoms with Crippen LogP contribution in [0.15, 0.2) is 67.8 Å². The lowest BCUT2D eigenvalue weighted by Gasteiger charge is -2.25. The Balaban J connectivity index is 1.44. The molecular formula is C28H31N6O9P. The van der Waals surface area contributed by atoms with E-state index >= 15 is 0 Å². The van der Waals surface area contributed by atoms with Crippen molar-refractivity contribution in [2.75, 3.05) is 12.3 Å². The molecule has 6 N–H and O–H groups in total. The summed E-state index contributed by atoms with van der Waals surface area (Å²) in [6.45, 7) is 2.90. The number of aromatic nitrogens is 4. The highest BCUT2D eigenvalue weighted by Crippen LogP contribution is 2.40. The van der Waals surface area contributed by atoms with Gasteiger partial charge in [-0.3, -0.25) is 13.9 Å². The third-order valence-electron chi connectivity index (χ3n) is 7.08. The predicted molar refractivity (Wildman–Crippen MR) is 157 cm³/mol. The van der Waals surface area contributed by atoms with Gasteiger partial charge in [-0.15, -0.1) is 6.58 Å². The van der Waals surface area contributed by atoms with Gasteiger partial charge in [0.2, 0.25) is 5.91 Å². The van der Waals surface area contributed by atoms with Crippen LogP contribution in [-0.4, -0.2) is 77.2 Å². The summed E-state index contributed by atoms with van der Waals surface area (Å²) in [5.74, 6) is -1.22. The second-order valence-electron chi connectivity index (χ2n) is 10.2. The fourth-order valence-electron chi connectivity index (χ4n) is 4.94. The van der Waals surface area contributed by atoms with Crippen LogP contribution in [0.1, 0.15) is 24.6 Å². The fraction of sp³-hybridized carbons (Fsp3) is 0.321. The van der Waals surface area contributed by atoms with E-state index < -0.39 is 56.9 Å². The lowest BCUT2D eigenvalue weighted by Crippen LogP contribution is -2.47. The van der Waals surface area contributed by atoms with Gasteiger partial charge in [-0.1, -0.05) is 48.5 Å². The van der Waals surface area contributed by atoms with Crippen LogP contribution in [0.25, 0.3) is 21.9 Å². The van der Waals surface area contributed by atoms with Gasteiger partial charge in [0.15, 0.2) is 23.8 Å². The third-order valence-corrected chi connectivity index (χ3v) is 7.57. The van der Waals surface area contributed by atoms with Gasteiger partial charge in [0.1, 0.15) is 30.1 Å². The molecule has 1 amide bonds. The number of aliphatic hydroxyl groups excluding tert-OH is 1. The van der Waals surface area contributed by atoms with E-state index in [1.807, 2.05) is 42.5 Å². The number of esters is 1. The highest BCUT2D eigenvalue weighted by molar-refractivity contribution is 7.46. The zero-order chi connectivity index (χ0) is 31.4. The minimum atomic E-state index is -4.92. The lowest BCUT2D eigenvalue weighted by molar-refractivity contribution is -0.162. The van der Waals surface area contributed by atoms with E-state index in [2.05, 4.69) is 31.4 Å². The Morgan fingerprint density at radius 3 is 2.70 bits per heavy atom. The minimum Gasteiger partial charge on any atom is -0.453 e. The monoisotopic (exact) mass is 626 g/mol. The van der Waals surface area contributed by atoms with E-state index in [4.69, 9.17) is 15.2 Å². The van der Waals surface area contributed by atoms with E-state index in [9.17, 15) is 29.0 Å². The maximum absolute atomic E-state index is 13.7. The molecule has 0 unspecified atom stereocenters. The number of nitrogens with two attached hydrogens (primary N) is 1. The Bertz CT molecular complexity index is 1730. The molecule has 4 aromatic rings. The van der Waals surface area contributed by atoms with E-state index in [0.717, 1.165) is 16.3 Å². The zero-order valence-electron chi connectivity index (χ0n) is 23.3. The van der Waals surface area contributed by atoms with Crippen molar-refractivity contribution in [3.05, 3.63) is 73.3 Å². The van der Waals surface area contributed by atoms with Crippen molar-refractivity contribution in [2.24, 2.45) is 0 Å². The lowest BCUT2D eigenvalue weighted by atomic mass is 10.0. The second-order valence-corrected chi connectivity index (χ2v) is 11.4. The summed E-state index contributed by atoms with van der Waals surface area (Å²) in [5.41, 5.74) is 7.06. The number of aliphatic hydroxyl groups is 1. The van der Waals surface area contributed by atoms with Gasteiger partial charge in [0.25, 0.3) is 0 Å². The Labute approximate surface area is 250 Å². The number of fused-ring (bicyclic) bond motifs is 2. The summed E-state index contributed by atoms with van der Waals surface area (Å²) in [6.07, 6.45) is -1.03. The molecule has 5 rings (SSSR count). The number of carbonyl (C=O) groups is 2. The molecule has 232 valence electrons. The average Bonchev–Trinajstić information content (AvgIpc) is 3.55. The van der Waals surface area contributed by atoms with Crippen LogP contribution in [0.2, 0.25) is 0 Å². The van der Waals surface area contributed by atoms with Crippen LogP contribution in [0, 0.1) is 0 Å². The smallest absolute Gasteiger partial charge is 0.453 e. The standard InChI is InChI=1S/C28H31N6O9P/c1-2-3-8-21(35)33-19(12-16-9-10-17-6-4-5-7-18(17)11-16)28(37)43-24-23(36)20(13-41-44(38,39)40)42-27(24)34-15-32-22-25(29)30-14-31-26(22)34/h2,4-7,9-11,14-15,19-20,23-24,27,36H,1,3,8,12-13H2,(H,33,35)(H2,29,30,31)(H2,38,39,40)/t19-,20+,23+,24+,27+/m0/s1. The molecule has 16 heteroatoms. The largest absolute Gasteiger partial charge is 0.469 e. The first-order valence-corrected chi connectivity index (χ1v) is 15.1. The average molecular weight is 627 g/mol. The molecule has 0 bridgehead atoms. The fourth-order valence-corrected chi connectivity index (χ4v) is 5.29. The van der Waals surface area contributed by atoms with Crippen LogP contribution >= 0.6 is 7.82 Å². The molecule has 0 aliphatic carbocycles. The second kappa shape index (κ2) is 13.2. The molecule has 3 heterocycles. The Morgan fingerprint density at radius 2 is 1.95 bits per heavy atom. The van der Waals surface area contributed by atoms with E-state index in [0.29, 0.717) is 6.42 Å². The number of nitrogens with zero attached hydrogens (tertiary/aromatic N) is 4. The van der Waals surface area contributed by atoms with Crippen molar-refractivity contribution < 1.29 is 43.0 Å². The summed E-state index contributed by atoms with van der Waals surface area (Å²) in [6, 6.07) is 12.2. The molecule has 2 aromatic heterocycles. The summed E-state index contributed by atoms with van der Waals surface area (Å²) >= 11 is 0. The number of imidazole rings is 1. The summed E-state index contributed by atoms with van der Waals surface area (Å²) in [4.78, 5) is 57.1. The van der Waals surface area contributed by atoms with Crippen molar-refractivity contribution in [1.29, 1.82) is 0 Å². The van der Waals surface area contributed by atoms with E-state index in [-0.39, 0.29) is 29.8 Å². The van der Waals surface area contributed by atoms with Crippen LogP contribution in [0.4, 0.5) is 5.82 Å². The predicted octanol–water partition coefficient (Wildman–Crippen LogP) is 1.53.